The van der Waals surface area contributed by atoms with Crippen LogP contribution < -0.4 is 9.80 Å². The van der Waals surface area contributed by atoms with E-state index < -0.39 is 23.8 Å². The van der Waals surface area contributed by atoms with Gasteiger partial charge in [-0.1, -0.05) is 23.7 Å². The molecule has 3 aromatic rings. The molecule has 2 atom stereocenters. The van der Waals surface area contributed by atoms with Gasteiger partial charge in [-0.25, -0.2) is 4.79 Å². The first-order valence-corrected chi connectivity index (χ1v) is 14.8. The standard InChI is InChI=1S/C29H31ClN8O6/c30-20-5-8-23(38-18-31-32-33-38)24(15-20)36-11-12-37(28(41)27(36)40)25(29(42)43)14-19-3-6-21(7-4-19)35-10-9-34(16-26(35)39)22-2-1-13-44-17-22/h3-8,15,18,22,25H,1-2,9-14,16-17H2,(H,42,43). The lowest BCUT2D eigenvalue weighted by Gasteiger charge is -2.40. The number of carboxylic acids is 1. The Balaban J connectivity index is 1.12. The largest absolute Gasteiger partial charge is 0.480 e. The molecule has 0 saturated carbocycles. The predicted octanol–water partition coefficient (Wildman–Crippen LogP) is 1.01. The van der Waals surface area contributed by atoms with Crippen molar-refractivity contribution in [1.82, 2.24) is 30.0 Å². The Hall–Kier alpha value is -4.40. The quantitative estimate of drug-likeness (QED) is 0.360. The molecule has 0 radical (unpaired) electrons. The van der Waals surface area contributed by atoms with Crippen LogP contribution in [0.3, 0.4) is 0 Å². The number of rotatable bonds is 8. The molecule has 3 aliphatic heterocycles. The second-order valence-corrected chi connectivity index (χ2v) is 11.4. The van der Waals surface area contributed by atoms with Crippen LogP contribution in [0.4, 0.5) is 11.4 Å². The molecule has 3 saturated heterocycles. The summed E-state index contributed by atoms with van der Waals surface area (Å²) in [5.74, 6) is -3.04. The molecule has 2 unspecified atom stereocenters. The van der Waals surface area contributed by atoms with Crippen LogP contribution in [0.25, 0.3) is 5.69 Å². The fraction of sp³-hybridized carbons (Fsp3) is 0.414. The Kier molecular flexibility index (Phi) is 8.55. The van der Waals surface area contributed by atoms with Gasteiger partial charge in [0, 0.05) is 56.0 Å². The maximum atomic E-state index is 13.3. The van der Waals surface area contributed by atoms with Gasteiger partial charge in [-0.05, 0) is 59.2 Å². The van der Waals surface area contributed by atoms with Crippen LogP contribution in [0.2, 0.25) is 5.02 Å². The number of hydrogen-bond donors (Lipinski definition) is 1. The Labute approximate surface area is 257 Å². The highest BCUT2D eigenvalue weighted by Gasteiger charge is 2.40. The molecule has 14 nitrogen and oxygen atoms in total. The van der Waals surface area contributed by atoms with E-state index in [1.165, 1.54) is 22.0 Å². The first kappa shape index (κ1) is 29.7. The van der Waals surface area contributed by atoms with Gasteiger partial charge >= 0.3 is 17.8 Å². The summed E-state index contributed by atoms with van der Waals surface area (Å²) < 4.78 is 6.93. The van der Waals surface area contributed by atoms with Gasteiger partial charge in [-0.2, -0.15) is 4.68 Å². The number of tetrazole rings is 1. The summed E-state index contributed by atoms with van der Waals surface area (Å²) in [4.78, 5) is 58.2. The fourth-order valence-electron chi connectivity index (χ4n) is 6.01. The second-order valence-electron chi connectivity index (χ2n) is 11.0. The maximum absolute atomic E-state index is 13.3. The van der Waals surface area contributed by atoms with E-state index in [4.69, 9.17) is 16.3 Å². The Morgan fingerprint density at radius 1 is 1.00 bits per heavy atom. The molecule has 44 heavy (non-hydrogen) atoms. The summed E-state index contributed by atoms with van der Waals surface area (Å²) in [7, 11) is 0. The molecule has 0 aliphatic carbocycles. The number of anilines is 2. The fourth-order valence-corrected chi connectivity index (χ4v) is 6.17. The average Bonchev–Trinajstić information content (AvgIpc) is 3.57. The molecule has 6 rings (SSSR count). The Morgan fingerprint density at radius 3 is 2.48 bits per heavy atom. The van der Waals surface area contributed by atoms with Gasteiger partial charge in [0.2, 0.25) is 5.91 Å². The minimum atomic E-state index is -1.26. The van der Waals surface area contributed by atoms with Crippen LogP contribution in [-0.4, -0.2) is 117 Å². The van der Waals surface area contributed by atoms with Crippen molar-refractivity contribution >= 4 is 46.7 Å². The molecule has 2 aromatic carbocycles. The van der Waals surface area contributed by atoms with Crippen molar-refractivity contribution in [2.45, 2.75) is 31.3 Å². The van der Waals surface area contributed by atoms with Crippen molar-refractivity contribution in [3.05, 3.63) is 59.4 Å². The smallest absolute Gasteiger partial charge is 0.326 e. The number of ether oxygens (including phenoxy) is 1. The topological polar surface area (TPSA) is 154 Å². The maximum Gasteiger partial charge on any atom is 0.326 e. The van der Waals surface area contributed by atoms with Gasteiger partial charge in [-0.3, -0.25) is 19.3 Å². The lowest BCUT2D eigenvalue weighted by atomic mass is 10.0. The Morgan fingerprint density at radius 2 is 1.80 bits per heavy atom. The number of carbonyl (C=O) groups excluding carboxylic acids is 3. The molecule has 4 heterocycles. The number of carboxylic acid groups (broad SMARTS) is 1. The number of carbonyl (C=O) groups is 4. The zero-order valence-electron chi connectivity index (χ0n) is 23.8. The van der Waals surface area contributed by atoms with Crippen LogP contribution in [0.15, 0.2) is 48.8 Å². The van der Waals surface area contributed by atoms with Crippen LogP contribution in [-0.2, 0) is 30.3 Å². The normalized spacial score (nSPS) is 20.7. The molecular weight excluding hydrogens is 592 g/mol. The monoisotopic (exact) mass is 622 g/mol. The summed E-state index contributed by atoms with van der Waals surface area (Å²) >= 11 is 6.20. The van der Waals surface area contributed by atoms with E-state index in [9.17, 15) is 24.3 Å². The van der Waals surface area contributed by atoms with E-state index >= 15 is 0 Å². The van der Waals surface area contributed by atoms with Crippen molar-refractivity contribution in [2.75, 3.05) is 55.7 Å². The zero-order chi connectivity index (χ0) is 30.8. The molecular formula is C29H31ClN8O6. The van der Waals surface area contributed by atoms with Gasteiger partial charge in [0.15, 0.2) is 0 Å². The highest BCUT2D eigenvalue weighted by atomic mass is 35.5. The molecule has 0 bridgehead atoms. The second kappa shape index (κ2) is 12.7. The first-order chi connectivity index (χ1) is 21.3. The van der Waals surface area contributed by atoms with Gasteiger partial charge < -0.3 is 24.5 Å². The lowest BCUT2D eigenvalue weighted by molar-refractivity contribution is -0.155. The average molecular weight is 623 g/mol. The summed E-state index contributed by atoms with van der Waals surface area (Å²) in [6.07, 6.45) is 3.37. The van der Waals surface area contributed by atoms with Gasteiger partial charge in [-0.15, -0.1) is 5.10 Å². The third kappa shape index (κ3) is 6.00. The zero-order valence-corrected chi connectivity index (χ0v) is 24.5. The lowest BCUT2D eigenvalue weighted by Crippen LogP contribution is -2.59. The minimum Gasteiger partial charge on any atom is -0.480 e. The number of aromatic nitrogens is 4. The predicted molar refractivity (Wildman–Crippen MR) is 158 cm³/mol. The minimum absolute atomic E-state index is 0.00269. The molecule has 3 aliphatic rings. The van der Waals surface area contributed by atoms with E-state index in [2.05, 4.69) is 20.4 Å². The highest BCUT2D eigenvalue weighted by Crippen LogP contribution is 2.30. The van der Waals surface area contributed by atoms with E-state index in [-0.39, 0.29) is 31.5 Å². The van der Waals surface area contributed by atoms with E-state index in [0.29, 0.717) is 41.7 Å². The van der Waals surface area contributed by atoms with E-state index in [0.717, 1.165) is 36.6 Å². The summed E-state index contributed by atoms with van der Waals surface area (Å²) in [5, 5.41) is 21.5. The first-order valence-electron chi connectivity index (χ1n) is 14.4. The summed E-state index contributed by atoms with van der Waals surface area (Å²) in [6, 6.07) is 10.9. The molecule has 15 heteroatoms. The van der Waals surface area contributed by atoms with Crippen LogP contribution in [0.1, 0.15) is 18.4 Å². The van der Waals surface area contributed by atoms with Gasteiger partial charge in [0.1, 0.15) is 12.4 Å². The van der Waals surface area contributed by atoms with Crippen molar-refractivity contribution in [1.29, 1.82) is 0 Å². The van der Waals surface area contributed by atoms with Crippen molar-refractivity contribution in [3.63, 3.8) is 0 Å². The number of halogens is 1. The third-order valence-corrected chi connectivity index (χ3v) is 8.55. The van der Waals surface area contributed by atoms with Crippen molar-refractivity contribution in [3.8, 4) is 5.69 Å². The summed E-state index contributed by atoms with van der Waals surface area (Å²) in [5.41, 5.74) is 2.15. The van der Waals surface area contributed by atoms with Gasteiger partial charge in [0.25, 0.3) is 0 Å². The molecule has 3 fully saturated rings. The highest BCUT2D eigenvalue weighted by molar-refractivity contribution is 6.41. The number of hydrogen-bond acceptors (Lipinski definition) is 9. The van der Waals surface area contributed by atoms with Crippen molar-refractivity contribution in [2.24, 2.45) is 0 Å². The molecule has 3 amide bonds. The van der Waals surface area contributed by atoms with Crippen LogP contribution in [0, 0.1) is 0 Å². The SMILES string of the molecule is O=C(O)C(Cc1ccc(N2CCN(C3CCCOC3)CC2=O)cc1)N1CCN(c2cc(Cl)ccc2-n2cnnn2)C(=O)C1=O. The molecule has 1 aromatic heterocycles. The molecule has 230 valence electrons. The van der Waals surface area contributed by atoms with Crippen LogP contribution >= 0.6 is 11.6 Å². The van der Waals surface area contributed by atoms with Crippen LogP contribution in [0.5, 0.6) is 0 Å². The number of benzene rings is 2. The van der Waals surface area contributed by atoms with Crippen molar-refractivity contribution < 1.29 is 29.0 Å². The Bertz CT molecular complexity index is 1550. The van der Waals surface area contributed by atoms with E-state index in [1.807, 2.05) is 0 Å². The summed E-state index contributed by atoms with van der Waals surface area (Å²) in [6.45, 7) is 3.08. The van der Waals surface area contributed by atoms with Gasteiger partial charge in [0.05, 0.1) is 24.5 Å². The molecule has 1 N–H and O–H groups in total. The van der Waals surface area contributed by atoms with E-state index in [1.54, 1.807) is 41.3 Å². The number of piperazine rings is 2. The number of amides is 3. The number of aliphatic carboxylic acids is 1. The number of nitrogens with zero attached hydrogens (tertiary/aromatic N) is 8. The molecule has 0 spiro atoms. The third-order valence-electron chi connectivity index (χ3n) is 8.32.